The van der Waals surface area contributed by atoms with E-state index in [4.69, 9.17) is 5.11 Å². The number of aliphatic hydroxyl groups is 2. The van der Waals surface area contributed by atoms with Crippen LogP contribution in [0.1, 0.15) is 75.2 Å². The minimum Gasteiger partial charge on any atom is -0.394 e. The highest BCUT2D eigenvalue weighted by atomic mass is 16.3. The molecule has 242 valence electrons. The van der Waals surface area contributed by atoms with Crippen LogP contribution in [0.2, 0.25) is 0 Å². The van der Waals surface area contributed by atoms with E-state index in [1.165, 1.54) is 6.42 Å². The number of nitrogens with zero attached hydrogens (tertiary/aromatic N) is 2. The summed E-state index contributed by atoms with van der Waals surface area (Å²) in [4.78, 5) is 36.7. The second kappa shape index (κ2) is 26.3. The van der Waals surface area contributed by atoms with Gasteiger partial charge in [-0.15, -0.1) is 6.58 Å². The lowest BCUT2D eigenvalue weighted by atomic mass is 9.98. The van der Waals surface area contributed by atoms with Gasteiger partial charge < -0.3 is 41.3 Å². The van der Waals surface area contributed by atoms with Gasteiger partial charge in [-0.2, -0.15) is 0 Å². The predicted octanol–water partition coefficient (Wildman–Crippen LogP) is 3.10. The van der Waals surface area contributed by atoms with Crippen molar-refractivity contribution >= 4 is 18.0 Å². The molecule has 41 heavy (non-hydrogen) atoms. The van der Waals surface area contributed by atoms with Gasteiger partial charge in [0.2, 0.25) is 5.91 Å². The monoisotopic (exact) mass is 586 g/mol. The van der Waals surface area contributed by atoms with E-state index in [9.17, 15) is 19.5 Å². The lowest BCUT2D eigenvalue weighted by molar-refractivity contribution is -0.117. The lowest BCUT2D eigenvalue weighted by Crippen LogP contribution is -2.53. The van der Waals surface area contributed by atoms with Crippen molar-refractivity contribution in [1.29, 1.82) is 0 Å². The summed E-state index contributed by atoms with van der Waals surface area (Å²) in [7, 11) is 0. The summed E-state index contributed by atoms with van der Waals surface area (Å²) in [5.74, 6) is 0.618. The second-order valence-corrected chi connectivity index (χ2v) is 10.4. The molecule has 2 aliphatic rings. The third-order valence-corrected chi connectivity index (χ3v) is 5.55. The van der Waals surface area contributed by atoms with E-state index in [1.807, 2.05) is 33.8 Å². The Labute approximate surface area is 250 Å². The van der Waals surface area contributed by atoms with E-state index >= 15 is 0 Å². The molecule has 0 aromatic heterocycles. The minimum absolute atomic E-state index is 0.0395. The molecule has 6 N–H and O–H groups in total. The fourth-order valence-electron chi connectivity index (χ4n) is 3.10. The van der Waals surface area contributed by atoms with Gasteiger partial charge in [0.15, 0.2) is 0 Å². The highest BCUT2D eigenvalue weighted by molar-refractivity contribution is 5.92. The first-order chi connectivity index (χ1) is 19.3. The quantitative estimate of drug-likeness (QED) is 0.153. The maximum absolute atomic E-state index is 11.2. The van der Waals surface area contributed by atoms with E-state index < -0.39 is 11.6 Å². The van der Waals surface area contributed by atoms with Gasteiger partial charge in [-0.05, 0) is 33.1 Å². The zero-order valence-electron chi connectivity index (χ0n) is 27.4. The van der Waals surface area contributed by atoms with Crippen LogP contribution >= 0.6 is 0 Å². The summed E-state index contributed by atoms with van der Waals surface area (Å²) in [5, 5.41) is 29.6. The minimum atomic E-state index is -0.806. The van der Waals surface area contributed by atoms with Gasteiger partial charge >= 0.3 is 12.1 Å². The molecule has 2 fully saturated rings. The molecule has 5 amide bonds. The summed E-state index contributed by atoms with van der Waals surface area (Å²) in [6, 6.07) is -0.100. The van der Waals surface area contributed by atoms with Crippen molar-refractivity contribution in [3.63, 3.8) is 0 Å². The number of aliphatic hydroxyl groups excluding tert-OH is 2. The van der Waals surface area contributed by atoms with Gasteiger partial charge in [-0.1, -0.05) is 60.6 Å². The highest BCUT2D eigenvalue weighted by Crippen LogP contribution is 2.08. The molecule has 0 saturated carbocycles. The van der Waals surface area contributed by atoms with Gasteiger partial charge in [0.05, 0.1) is 12.7 Å². The van der Waals surface area contributed by atoms with Crippen LogP contribution in [0, 0.1) is 5.92 Å². The van der Waals surface area contributed by atoms with Crippen molar-refractivity contribution in [2.75, 3.05) is 59.0 Å². The van der Waals surface area contributed by atoms with E-state index in [-0.39, 0.29) is 24.6 Å². The molecular formula is C30H62N6O5. The van der Waals surface area contributed by atoms with Crippen molar-refractivity contribution < 1.29 is 24.6 Å². The average molecular weight is 587 g/mol. The Morgan fingerprint density at radius 2 is 1.49 bits per heavy atom. The molecule has 1 atom stereocenters. The molecule has 0 aliphatic carbocycles. The van der Waals surface area contributed by atoms with Crippen molar-refractivity contribution in [2.45, 2.75) is 86.8 Å². The van der Waals surface area contributed by atoms with E-state index in [2.05, 4.69) is 62.1 Å². The molecular weight excluding hydrogens is 524 g/mol. The molecule has 0 aromatic rings. The van der Waals surface area contributed by atoms with Crippen molar-refractivity contribution in [3.8, 4) is 0 Å². The number of hydrogen-bond donors (Lipinski definition) is 6. The average Bonchev–Trinajstić information content (AvgIpc) is 3.52. The Kier molecular flexibility index (Phi) is 27.5. The third-order valence-electron chi connectivity index (χ3n) is 5.55. The van der Waals surface area contributed by atoms with Crippen LogP contribution in [-0.4, -0.2) is 109 Å². The molecule has 0 aromatic carbocycles. The smallest absolute Gasteiger partial charge is 0.317 e. The molecule has 2 heterocycles. The van der Waals surface area contributed by atoms with E-state index in [1.54, 1.807) is 16.7 Å². The zero-order chi connectivity index (χ0) is 32.4. The first-order valence-corrected chi connectivity index (χ1v) is 14.9. The van der Waals surface area contributed by atoms with Crippen LogP contribution in [0.15, 0.2) is 24.8 Å². The fraction of sp³-hybridized carbons (Fsp3) is 0.767. The largest absolute Gasteiger partial charge is 0.394 e. The Morgan fingerprint density at radius 3 is 1.78 bits per heavy atom. The van der Waals surface area contributed by atoms with E-state index in [0.29, 0.717) is 51.4 Å². The molecule has 0 bridgehead atoms. The molecule has 11 nitrogen and oxygen atoms in total. The Balaban J connectivity index is -0.000000524. The maximum atomic E-state index is 11.2. The number of nitrogens with one attached hydrogen (secondary N) is 4. The molecule has 2 aliphatic heterocycles. The highest BCUT2D eigenvalue weighted by Gasteiger charge is 2.27. The predicted molar refractivity (Wildman–Crippen MR) is 170 cm³/mol. The normalized spacial score (nSPS) is 14.4. The molecule has 2 saturated heterocycles. The van der Waals surface area contributed by atoms with Crippen LogP contribution in [0.25, 0.3) is 0 Å². The number of urea groups is 2. The summed E-state index contributed by atoms with van der Waals surface area (Å²) < 4.78 is 0. The third kappa shape index (κ3) is 22.7. The topological polar surface area (TPSA) is 146 Å². The lowest BCUT2D eigenvalue weighted by Gasteiger charge is -2.31. The van der Waals surface area contributed by atoms with Crippen LogP contribution in [0.5, 0.6) is 0 Å². The number of rotatable bonds is 12. The maximum Gasteiger partial charge on any atom is 0.317 e. The first-order valence-electron chi connectivity index (χ1n) is 14.9. The van der Waals surface area contributed by atoms with Gasteiger partial charge in [-0.25, -0.2) is 9.59 Å². The fourth-order valence-corrected chi connectivity index (χ4v) is 3.10. The SMILES string of the molecule is C=C(C)C(=O)NCCN1CCNC1=O.C=CCC(C)C.CC.CC(C)(NCCN1CCNC1=O)C(O)CO.CCC. The Bertz CT molecular complexity index is 730. The van der Waals surface area contributed by atoms with Gasteiger partial charge in [0.1, 0.15) is 0 Å². The van der Waals surface area contributed by atoms with Crippen molar-refractivity contribution in [1.82, 2.24) is 31.1 Å². The molecule has 0 spiro atoms. The molecule has 11 heteroatoms. The van der Waals surface area contributed by atoms with Crippen molar-refractivity contribution in [2.24, 2.45) is 5.92 Å². The van der Waals surface area contributed by atoms with Gasteiger partial charge in [-0.3, -0.25) is 4.79 Å². The molecule has 0 radical (unpaired) electrons. The number of carbonyl (C=O) groups is 3. The van der Waals surface area contributed by atoms with Crippen LogP contribution in [0.3, 0.4) is 0 Å². The number of allylic oxidation sites excluding steroid dienone is 1. The van der Waals surface area contributed by atoms with Crippen molar-refractivity contribution in [3.05, 3.63) is 24.8 Å². The number of amides is 5. The summed E-state index contributed by atoms with van der Waals surface area (Å²) in [6.45, 7) is 29.8. The molecule has 2 rings (SSSR count). The first kappa shape index (κ1) is 42.8. The second-order valence-electron chi connectivity index (χ2n) is 10.4. The number of carbonyl (C=O) groups excluding carboxylic acids is 3. The summed E-state index contributed by atoms with van der Waals surface area (Å²) in [6.07, 6.45) is 3.53. The van der Waals surface area contributed by atoms with Gasteiger partial charge in [0, 0.05) is 63.5 Å². The van der Waals surface area contributed by atoms with E-state index in [0.717, 1.165) is 18.9 Å². The van der Waals surface area contributed by atoms with Crippen LogP contribution < -0.4 is 21.3 Å². The van der Waals surface area contributed by atoms with Crippen LogP contribution in [0.4, 0.5) is 9.59 Å². The number of hydrogen-bond acceptors (Lipinski definition) is 6. The molecule has 1 unspecified atom stereocenters. The Hall–Kier alpha value is -2.63. The van der Waals surface area contributed by atoms with Gasteiger partial charge in [0.25, 0.3) is 0 Å². The summed E-state index contributed by atoms with van der Waals surface area (Å²) >= 11 is 0. The standard InChI is InChI=1S/C10H21N3O3.C9H15N3O2.C6H12.C3H8.C2H6/c1-10(2,8(15)7-14)12-4-6-13-5-3-11-9(13)16;1-7(2)8(13)10-3-5-12-6-4-11-9(12)14;1-4-5-6(2)3;1-3-2;1-2/h8,12,14-15H,3-7H2,1-2H3,(H,11,16);1,3-6H2,2H3,(H,10,13)(H,11,14);4,6H,1,5H2,2-3H3;3H2,1-2H3;1-2H3. The zero-order valence-corrected chi connectivity index (χ0v) is 27.4. The summed E-state index contributed by atoms with van der Waals surface area (Å²) in [5.41, 5.74) is -0.0684. The van der Waals surface area contributed by atoms with Crippen LogP contribution in [-0.2, 0) is 4.79 Å². The Morgan fingerprint density at radius 1 is 1.05 bits per heavy atom.